The van der Waals surface area contributed by atoms with E-state index in [4.69, 9.17) is 14.9 Å². The van der Waals surface area contributed by atoms with Gasteiger partial charge in [0.2, 0.25) is 5.91 Å². The maximum Gasteiger partial charge on any atom is 0.405 e. The van der Waals surface area contributed by atoms with Crippen LogP contribution in [0, 0.1) is 11.8 Å². The third-order valence-electron chi connectivity index (χ3n) is 4.11. The molecule has 0 spiro atoms. The number of rotatable bonds is 8. The smallest absolute Gasteiger partial charge is 0.405 e. The van der Waals surface area contributed by atoms with Crippen LogP contribution in [-0.2, 0) is 20.7 Å². The number of carbonyl (C=O) groups excluding carboxylic acids is 2. The van der Waals surface area contributed by atoms with E-state index in [0.29, 0.717) is 6.61 Å². The first-order chi connectivity index (χ1) is 14.3. The Bertz CT molecular complexity index is 589. The largest absolute Gasteiger partial charge is 0.465 e. The minimum absolute atomic E-state index is 0.189. The quantitative estimate of drug-likeness (QED) is 0.474. The monoisotopic (exact) mass is 424 g/mol. The first-order valence-electron chi connectivity index (χ1n) is 10.3. The highest BCUT2D eigenvalue weighted by atomic mass is 16.5. The summed E-state index contributed by atoms with van der Waals surface area (Å²) in [5, 5.41) is 21.4. The lowest BCUT2D eigenvalue weighted by molar-refractivity contribution is -0.123. The molecular formula is C22H36N2O6. The summed E-state index contributed by atoms with van der Waals surface area (Å²) in [6.07, 6.45) is 1.87. The van der Waals surface area contributed by atoms with Gasteiger partial charge in [0.15, 0.2) is 0 Å². The Kier molecular flexibility index (Phi) is 16.0. The summed E-state index contributed by atoms with van der Waals surface area (Å²) < 4.78 is 5.06. The summed E-state index contributed by atoms with van der Waals surface area (Å²) in [7, 11) is 0. The van der Waals surface area contributed by atoms with Gasteiger partial charge in [0.05, 0.1) is 0 Å². The molecule has 0 aromatic heterocycles. The first-order valence-corrected chi connectivity index (χ1v) is 10.3. The average Bonchev–Trinajstić information content (AvgIpc) is 3.23. The van der Waals surface area contributed by atoms with Crippen LogP contribution in [0.25, 0.3) is 0 Å². The summed E-state index contributed by atoms with van der Waals surface area (Å²) in [5.41, 5.74) is 0.852. The number of carbonyl (C=O) groups is 3. The minimum Gasteiger partial charge on any atom is -0.465 e. The fraction of sp³-hybridized carbons (Fsp3) is 0.591. The molecule has 1 aromatic carbocycles. The number of ether oxygens (including phenoxy) is 1. The third kappa shape index (κ3) is 14.5. The molecule has 30 heavy (non-hydrogen) atoms. The molecule has 1 heterocycles. The number of hydrogen-bond acceptors (Lipinski definition) is 5. The lowest BCUT2D eigenvalue weighted by Gasteiger charge is -2.17. The van der Waals surface area contributed by atoms with E-state index < -0.39 is 18.0 Å². The molecule has 1 aliphatic rings. The lowest BCUT2D eigenvalue weighted by Crippen LogP contribution is -2.48. The van der Waals surface area contributed by atoms with E-state index >= 15 is 0 Å². The molecule has 0 saturated carbocycles. The molecule has 1 aliphatic heterocycles. The molecule has 2 rings (SSSR count). The highest BCUT2D eigenvalue weighted by Crippen LogP contribution is 2.09. The van der Waals surface area contributed by atoms with Crippen molar-refractivity contribution in [2.75, 3.05) is 26.4 Å². The Morgan fingerprint density at radius 1 is 1.30 bits per heavy atom. The summed E-state index contributed by atoms with van der Waals surface area (Å²) in [6.45, 7) is 8.30. The number of aldehydes is 1. The molecule has 0 radical (unpaired) electrons. The van der Waals surface area contributed by atoms with Gasteiger partial charge in [-0.15, -0.1) is 0 Å². The normalized spacial score (nSPS) is 16.6. The predicted octanol–water partition coefficient (Wildman–Crippen LogP) is 2.25. The predicted molar refractivity (Wildman–Crippen MR) is 115 cm³/mol. The molecule has 1 aromatic rings. The molecule has 8 nitrogen and oxygen atoms in total. The van der Waals surface area contributed by atoms with Gasteiger partial charge in [-0.25, -0.2) is 4.79 Å². The summed E-state index contributed by atoms with van der Waals surface area (Å²) in [6, 6.07) is 8.23. The molecule has 1 saturated heterocycles. The zero-order valence-corrected chi connectivity index (χ0v) is 18.2. The molecule has 0 bridgehead atoms. The number of amides is 2. The van der Waals surface area contributed by atoms with Crippen LogP contribution in [0.5, 0.6) is 0 Å². The molecule has 1 fully saturated rings. The molecule has 8 heteroatoms. The number of aliphatic hydroxyl groups is 1. The van der Waals surface area contributed by atoms with E-state index in [1.165, 1.54) is 6.42 Å². The second kappa shape index (κ2) is 17.4. The summed E-state index contributed by atoms with van der Waals surface area (Å²) >= 11 is 0. The minimum atomic E-state index is -1.26. The van der Waals surface area contributed by atoms with Crippen molar-refractivity contribution in [3.63, 3.8) is 0 Å². The van der Waals surface area contributed by atoms with Gasteiger partial charge in [0.25, 0.3) is 0 Å². The van der Waals surface area contributed by atoms with Crippen molar-refractivity contribution in [3.05, 3.63) is 35.9 Å². The number of nitrogens with one attached hydrogen (secondary N) is 2. The van der Waals surface area contributed by atoms with Gasteiger partial charge in [-0.1, -0.05) is 51.1 Å². The zero-order valence-electron chi connectivity index (χ0n) is 18.2. The van der Waals surface area contributed by atoms with Crippen molar-refractivity contribution in [1.29, 1.82) is 0 Å². The Morgan fingerprint density at radius 2 is 1.93 bits per heavy atom. The van der Waals surface area contributed by atoms with E-state index in [-0.39, 0.29) is 18.9 Å². The molecule has 0 aliphatic carbocycles. The molecule has 3 atom stereocenters. The molecular weight excluding hydrogens is 388 g/mol. The fourth-order valence-corrected chi connectivity index (χ4v) is 2.29. The molecule has 170 valence electrons. The van der Waals surface area contributed by atoms with E-state index in [9.17, 15) is 14.4 Å². The van der Waals surface area contributed by atoms with Crippen LogP contribution >= 0.6 is 0 Å². The van der Waals surface area contributed by atoms with E-state index in [1.54, 1.807) is 6.92 Å². The Morgan fingerprint density at radius 3 is 2.33 bits per heavy atom. The van der Waals surface area contributed by atoms with Crippen LogP contribution in [0.3, 0.4) is 0 Å². The highest BCUT2D eigenvalue weighted by Gasteiger charge is 2.21. The van der Waals surface area contributed by atoms with Crippen LogP contribution in [0.4, 0.5) is 4.79 Å². The van der Waals surface area contributed by atoms with Crippen molar-refractivity contribution in [2.24, 2.45) is 11.8 Å². The topological polar surface area (TPSA) is 125 Å². The van der Waals surface area contributed by atoms with Gasteiger partial charge in [-0.3, -0.25) is 4.79 Å². The van der Waals surface area contributed by atoms with Crippen molar-refractivity contribution < 1.29 is 29.3 Å². The Balaban J connectivity index is 0.000000686. The second-order valence-corrected chi connectivity index (χ2v) is 7.24. The van der Waals surface area contributed by atoms with E-state index in [0.717, 1.165) is 37.4 Å². The second-order valence-electron chi connectivity index (χ2n) is 7.24. The van der Waals surface area contributed by atoms with Gasteiger partial charge in [-0.2, -0.15) is 0 Å². The van der Waals surface area contributed by atoms with E-state index in [2.05, 4.69) is 17.6 Å². The lowest BCUT2D eigenvalue weighted by atomic mass is 10.1. The molecule has 4 N–H and O–H groups in total. The maximum absolute atomic E-state index is 12.0. The summed E-state index contributed by atoms with van der Waals surface area (Å²) in [4.78, 5) is 33.2. The maximum atomic E-state index is 12.0. The summed E-state index contributed by atoms with van der Waals surface area (Å²) in [5.74, 6) is 0.0797. The van der Waals surface area contributed by atoms with Crippen molar-refractivity contribution >= 4 is 18.3 Å². The van der Waals surface area contributed by atoms with Crippen molar-refractivity contribution in [3.8, 4) is 0 Å². The van der Waals surface area contributed by atoms with Crippen LogP contribution in [0.1, 0.15) is 39.2 Å². The van der Waals surface area contributed by atoms with Crippen LogP contribution in [-0.4, -0.2) is 60.9 Å². The number of hydrogen-bond donors (Lipinski definition) is 4. The van der Waals surface area contributed by atoms with Gasteiger partial charge in [0.1, 0.15) is 12.3 Å². The molecule has 1 unspecified atom stereocenters. The SMILES string of the molecule is CC(C=O)CNC(=O)[C@H](Cc1ccccc1)NC(=O)O.CCCO.C[C@@H]1CCOC1. The number of aliphatic hydroxyl groups excluding tert-OH is 1. The third-order valence-corrected chi connectivity index (χ3v) is 4.11. The molecule has 2 amide bonds. The van der Waals surface area contributed by atoms with Gasteiger partial charge in [-0.05, 0) is 24.3 Å². The van der Waals surface area contributed by atoms with Gasteiger partial charge in [0, 0.05) is 38.7 Å². The Hall–Kier alpha value is -2.45. The first kappa shape index (κ1) is 27.5. The number of carboxylic acid groups (broad SMARTS) is 1. The fourth-order valence-electron chi connectivity index (χ4n) is 2.29. The highest BCUT2D eigenvalue weighted by molar-refractivity contribution is 5.85. The standard InChI is InChI=1S/C14H18N2O4.C5H10O.C3H8O/c1-10(9-17)8-15-13(18)12(16-14(19)20)7-11-5-3-2-4-6-11;1-5-2-3-6-4-5;1-2-3-4/h2-6,9-10,12,16H,7-8H2,1H3,(H,15,18)(H,19,20);5H,2-4H2,1H3;4H,2-3H2,1H3/t10?,12-;5-;/m01./s1. The van der Waals surface area contributed by atoms with E-state index in [1.807, 2.05) is 37.3 Å². The Labute approximate surface area is 179 Å². The van der Waals surface area contributed by atoms with Crippen LogP contribution in [0.15, 0.2) is 30.3 Å². The van der Waals surface area contributed by atoms with Crippen LogP contribution in [0.2, 0.25) is 0 Å². The average molecular weight is 425 g/mol. The zero-order chi connectivity index (χ0) is 22.8. The van der Waals surface area contributed by atoms with Gasteiger partial charge < -0.3 is 30.4 Å². The number of benzene rings is 1. The van der Waals surface area contributed by atoms with Gasteiger partial charge >= 0.3 is 6.09 Å². The van der Waals surface area contributed by atoms with Crippen LogP contribution < -0.4 is 10.6 Å². The van der Waals surface area contributed by atoms with Crippen molar-refractivity contribution in [1.82, 2.24) is 10.6 Å². The van der Waals surface area contributed by atoms with Crippen molar-refractivity contribution in [2.45, 2.75) is 46.1 Å².